The zero-order chi connectivity index (χ0) is 10.4. The summed E-state index contributed by atoms with van der Waals surface area (Å²) in [4.78, 5) is 4.26. The molecule has 1 rings (SSSR count). The minimum Gasteiger partial charge on any atom is -0.257 e. The highest BCUT2D eigenvalue weighted by molar-refractivity contribution is 5.59. The number of hydrogen-bond donors (Lipinski definition) is 0. The first kappa shape index (κ1) is 10.7. The number of aromatic nitrogens is 1. The fourth-order valence-electron chi connectivity index (χ4n) is 1.19. The molecule has 1 aromatic rings. The lowest BCUT2D eigenvalue weighted by molar-refractivity contribution is 0.981. The van der Waals surface area contributed by atoms with Gasteiger partial charge in [-0.05, 0) is 44.4 Å². The van der Waals surface area contributed by atoms with Crippen LogP contribution in [0.5, 0.6) is 0 Å². The average Bonchev–Trinajstić information content (AvgIpc) is 2.26. The van der Waals surface area contributed by atoms with Gasteiger partial charge in [0, 0.05) is 6.20 Å². The molecule has 0 atom stereocenters. The van der Waals surface area contributed by atoms with E-state index >= 15 is 0 Å². The lowest BCUT2D eigenvalue weighted by Crippen LogP contribution is -1.87. The van der Waals surface area contributed by atoms with Gasteiger partial charge in [0.05, 0.1) is 5.69 Å². The summed E-state index contributed by atoms with van der Waals surface area (Å²) < 4.78 is 0. The average molecular weight is 187 g/mol. The molecule has 0 bridgehead atoms. The number of allylic oxidation sites excluding steroid dienone is 3. The SMILES string of the molecule is C=C(CC/C(C)=C\C)c1ccccn1. The van der Waals surface area contributed by atoms with Gasteiger partial charge in [-0.1, -0.05) is 24.3 Å². The van der Waals surface area contributed by atoms with E-state index in [1.165, 1.54) is 5.57 Å². The number of hydrogen-bond acceptors (Lipinski definition) is 1. The fraction of sp³-hybridized carbons (Fsp3) is 0.308. The molecular formula is C13H17N. The van der Waals surface area contributed by atoms with E-state index in [0.717, 1.165) is 24.1 Å². The smallest absolute Gasteiger partial charge is 0.0655 e. The second-order valence-corrected chi connectivity index (χ2v) is 3.45. The van der Waals surface area contributed by atoms with E-state index < -0.39 is 0 Å². The Kier molecular flexibility index (Phi) is 4.11. The zero-order valence-electron chi connectivity index (χ0n) is 8.96. The van der Waals surface area contributed by atoms with Crippen LogP contribution in [0.1, 0.15) is 32.4 Å². The van der Waals surface area contributed by atoms with Crippen molar-refractivity contribution in [2.45, 2.75) is 26.7 Å². The van der Waals surface area contributed by atoms with Gasteiger partial charge in [0.2, 0.25) is 0 Å². The van der Waals surface area contributed by atoms with Crippen molar-refractivity contribution < 1.29 is 0 Å². The van der Waals surface area contributed by atoms with Crippen LogP contribution < -0.4 is 0 Å². The van der Waals surface area contributed by atoms with Crippen molar-refractivity contribution in [3.05, 3.63) is 48.3 Å². The molecule has 0 N–H and O–H groups in total. The lowest BCUT2D eigenvalue weighted by Gasteiger charge is -2.04. The molecule has 0 aliphatic heterocycles. The summed E-state index contributed by atoms with van der Waals surface area (Å²) in [6.45, 7) is 8.25. The summed E-state index contributed by atoms with van der Waals surface area (Å²) in [6, 6.07) is 5.93. The van der Waals surface area contributed by atoms with Gasteiger partial charge in [0.25, 0.3) is 0 Å². The van der Waals surface area contributed by atoms with Crippen molar-refractivity contribution in [1.82, 2.24) is 4.98 Å². The predicted molar refractivity (Wildman–Crippen MR) is 61.9 cm³/mol. The van der Waals surface area contributed by atoms with Gasteiger partial charge in [0.1, 0.15) is 0 Å². The fourth-order valence-corrected chi connectivity index (χ4v) is 1.19. The number of rotatable bonds is 4. The molecule has 0 aliphatic rings. The van der Waals surface area contributed by atoms with Gasteiger partial charge in [-0.2, -0.15) is 0 Å². The molecule has 1 nitrogen and oxygen atoms in total. The molecule has 0 aromatic carbocycles. The van der Waals surface area contributed by atoms with Gasteiger partial charge in [0.15, 0.2) is 0 Å². The molecule has 0 saturated heterocycles. The predicted octanol–water partition coefficient (Wildman–Crippen LogP) is 3.84. The maximum absolute atomic E-state index is 4.26. The number of pyridine rings is 1. The summed E-state index contributed by atoms with van der Waals surface area (Å²) in [7, 11) is 0. The molecule has 1 heteroatoms. The molecule has 0 amide bonds. The summed E-state index contributed by atoms with van der Waals surface area (Å²) in [6.07, 6.45) is 6.02. The van der Waals surface area contributed by atoms with E-state index in [2.05, 4.69) is 31.5 Å². The van der Waals surface area contributed by atoms with Crippen molar-refractivity contribution in [3.8, 4) is 0 Å². The van der Waals surface area contributed by atoms with Crippen molar-refractivity contribution in [3.63, 3.8) is 0 Å². The monoisotopic (exact) mass is 187 g/mol. The van der Waals surface area contributed by atoms with Crippen LogP contribution in [0.2, 0.25) is 0 Å². The Labute approximate surface area is 86.2 Å². The van der Waals surface area contributed by atoms with E-state index in [4.69, 9.17) is 0 Å². The molecule has 0 radical (unpaired) electrons. The molecule has 1 heterocycles. The first-order chi connectivity index (χ1) is 6.74. The van der Waals surface area contributed by atoms with Gasteiger partial charge < -0.3 is 0 Å². The van der Waals surface area contributed by atoms with E-state index in [0.29, 0.717) is 0 Å². The van der Waals surface area contributed by atoms with E-state index in [-0.39, 0.29) is 0 Å². The Morgan fingerprint density at radius 3 is 2.79 bits per heavy atom. The molecule has 14 heavy (non-hydrogen) atoms. The molecule has 0 unspecified atom stereocenters. The minimum absolute atomic E-state index is 0.993. The molecule has 74 valence electrons. The van der Waals surface area contributed by atoms with E-state index in [9.17, 15) is 0 Å². The van der Waals surface area contributed by atoms with Gasteiger partial charge in [-0.15, -0.1) is 0 Å². The first-order valence-corrected chi connectivity index (χ1v) is 4.95. The van der Waals surface area contributed by atoms with Gasteiger partial charge in [-0.3, -0.25) is 4.98 Å². The van der Waals surface area contributed by atoms with Crippen molar-refractivity contribution in [1.29, 1.82) is 0 Å². The zero-order valence-corrected chi connectivity index (χ0v) is 8.96. The Hall–Kier alpha value is -1.37. The highest BCUT2D eigenvalue weighted by Crippen LogP contribution is 2.17. The number of nitrogens with zero attached hydrogens (tertiary/aromatic N) is 1. The van der Waals surface area contributed by atoms with Crippen LogP contribution in [-0.4, -0.2) is 4.98 Å². The van der Waals surface area contributed by atoms with Crippen molar-refractivity contribution in [2.75, 3.05) is 0 Å². The second-order valence-electron chi connectivity index (χ2n) is 3.45. The maximum Gasteiger partial charge on any atom is 0.0655 e. The normalized spacial score (nSPS) is 11.4. The molecule has 1 aromatic heterocycles. The Balaban J connectivity index is 2.52. The quantitative estimate of drug-likeness (QED) is 0.652. The maximum atomic E-state index is 4.26. The summed E-state index contributed by atoms with van der Waals surface area (Å²) in [5, 5.41) is 0. The Bertz CT molecular complexity index is 322. The van der Waals surface area contributed by atoms with Crippen molar-refractivity contribution in [2.24, 2.45) is 0 Å². The topological polar surface area (TPSA) is 12.9 Å². The van der Waals surface area contributed by atoms with Crippen LogP contribution in [0.15, 0.2) is 42.6 Å². The highest BCUT2D eigenvalue weighted by atomic mass is 14.7. The third-order valence-electron chi connectivity index (χ3n) is 2.34. The first-order valence-electron chi connectivity index (χ1n) is 4.95. The van der Waals surface area contributed by atoms with E-state index in [1.54, 1.807) is 0 Å². The van der Waals surface area contributed by atoms with Crippen LogP contribution in [0, 0.1) is 0 Å². The Morgan fingerprint density at radius 1 is 1.43 bits per heavy atom. The summed E-state index contributed by atoms with van der Waals surface area (Å²) in [5.41, 5.74) is 3.53. The van der Waals surface area contributed by atoms with Crippen LogP contribution in [0.4, 0.5) is 0 Å². The molecular weight excluding hydrogens is 170 g/mol. The molecule has 0 spiro atoms. The molecule has 0 saturated carbocycles. The Morgan fingerprint density at radius 2 is 2.21 bits per heavy atom. The summed E-state index contributed by atoms with van der Waals surface area (Å²) in [5.74, 6) is 0. The minimum atomic E-state index is 0.993. The standard InChI is InChI=1S/C13H17N/c1-4-11(2)8-9-12(3)13-7-5-6-10-14-13/h4-7,10H,3,8-9H2,1-2H3/b11-4-. The third-order valence-corrected chi connectivity index (χ3v) is 2.34. The van der Waals surface area contributed by atoms with Crippen LogP contribution in [0.3, 0.4) is 0 Å². The highest BCUT2D eigenvalue weighted by Gasteiger charge is 1.99. The van der Waals surface area contributed by atoms with Gasteiger partial charge >= 0.3 is 0 Å². The van der Waals surface area contributed by atoms with Crippen LogP contribution >= 0.6 is 0 Å². The largest absolute Gasteiger partial charge is 0.257 e. The van der Waals surface area contributed by atoms with Crippen LogP contribution in [-0.2, 0) is 0 Å². The second kappa shape index (κ2) is 5.38. The van der Waals surface area contributed by atoms with Crippen molar-refractivity contribution >= 4 is 5.57 Å². The molecule has 0 fully saturated rings. The van der Waals surface area contributed by atoms with Crippen LogP contribution in [0.25, 0.3) is 5.57 Å². The third kappa shape index (κ3) is 3.17. The van der Waals surface area contributed by atoms with E-state index in [1.807, 2.05) is 24.4 Å². The lowest BCUT2D eigenvalue weighted by atomic mass is 10.0. The molecule has 0 aliphatic carbocycles. The van der Waals surface area contributed by atoms with Gasteiger partial charge in [-0.25, -0.2) is 0 Å². The summed E-state index contributed by atoms with van der Waals surface area (Å²) >= 11 is 0.